The Labute approximate surface area is 166 Å². The Morgan fingerprint density at radius 3 is 1.46 bits per heavy atom. The standard InChI is InChI=1S/C8H18O2.2C7H6O2/c1-3-4-5-7(2)6-8(9)10;2*8-7(9)6-4-2-1-3-5-6/h7-10H,3-6H2,1-2H3;2*1-5H,(H,8,9). The van der Waals surface area contributed by atoms with Gasteiger partial charge in [0, 0.05) is 6.42 Å². The summed E-state index contributed by atoms with van der Waals surface area (Å²) in [4.78, 5) is 20.4. The van der Waals surface area contributed by atoms with E-state index in [1.165, 1.54) is 12.8 Å². The summed E-state index contributed by atoms with van der Waals surface area (Å²) in [6, 6.07) is 16.6. The van der Waals surface area contributed by atoms with Crippen molar-refractivity contribution in [1.82, 2.24) is 0 Å². The lowest BCUT2D eigenvalue weighted by molar-refractivity contribution is -0.0551. The van der Waals surface area contributed by atoms with E-state index < -0.39 is 18.2 Å². The number of hydrogen-bond acceptors (Lipinski definition) is 4. The van der Waals surface area contributed by atoms with E-state index in [1.807, 2.05) is 0 Å². The summed E-state index contributed by atoms with van der Waals surface area (Å²) in [5.41, 5.74) is 0.662. The van der Waals surface area contributed by atoms with Crippen molar-refractivity contribution in [3.8, 4) is 0 Å². The number of aliphatic hydroxyl groups is 2. The molecule has 28 heavy (non-hydrogen) atoms. The zero-order chi connectivity index (χ0) is 21.4. The smallest absolute Gasteiger partial charge is 0.335 e. The van der Waals surface area contributed by atoms with Gasteiger partial charge in [-0.25, -0.2) is 9.59 Å². The summed E-state index contributed by atoms with van der Waals surface area (Å²) in [6.07, 6.45) is 2.88. The molecule has 0 aromatic heterocycles. The number of aromatic carboxylic acids is 2. The van der Waals surface area contributed by atoms with E-state index in [0.717, 1.165) is 6.42 Å². The lowest BCUT2D eigenvalue weighted by Gasteiger charge is -2.10. The van der Waals surface area contributed by atoms with Crippen LogP contribution in [0.2, 0.25) is 0 Å². The highest BCUT2D eigenvalue weighted by molar-refractivity contribution is 5.87. The second-order valence-electron chi connectivity index (χ2n) is 6.31. The zero-order valence-corrected chi connectivity index (χ0v) is 16.4. The van der Waals surface area contributed by atoms with Crippen LogP contribution in [0.4, 0.5) is 0 Å². The van der Waals surface area contributed by atoms with Gasteiger partial charge in [-0.15, -0.1) is 0 Å². The number of hydrogen-bond donors (Lipinski definition) is 4. The molecule has 0 amide bonds. The summed E-state index contributed by atoms with van der Waals surface area (Å²) in [7, 11) is 0. The van der Waals surface area contributed by atoms with E-state index in [-0.39, 0.29) is 0 Å². The fourth-order valence-corrected chi connectivity index (χ4v) is 2.19. The van der Waals surface area contributed by atoms with Crippen LogP contribution in [-0.2, 0) is 0 Å². The van der Waals surface area contributed by atoms with Gasteiger partial charge in [0.25, 0.3) is 0 Å². The van der Waals surface area contributed by atoms with Crippen molar-refractivity contribution in [3.63, 3.8) is 0 Å². The first-order chi connectivity index (χ1) is 13.3. The molecule has 0 spiro atoms. The number of carbonyl (C=O) groups is 2. The first-order valence-electron chi connectivity index (χ1n) is 9.20. The van der Waals surface area contributed by atoms with Crippen LogP contribution in [0.3, 0.4) is 0 Å². The first kappa shape index (κ1) is 25.3. The van der Waals surface area contributed by atoms with Gasteiger partial charge in [-0.2, -0.15) is 0 Å². The molecule has 0 aliphatic rings. The van der Waals surface area contributed by atoms with E-state index in [0.29, 0.717) is 23.5 Å². The number of aliphatic hydroxyl groups excluding tert-OH is 1. The predicted octanol–water partition coefficient (Wildman–Crippen LogP) is 4.28. The quantitative estimate of drug-likeness (QED) is 0.525. The summed E-state index contributed by atoms with van der Waals surface area (Å²) in [6.45, 7) is 4.19. The number of rotatable bonds is 7. The molecule has 0 bridgehead atoms. The number of benzene rings is 2. The minimum Gasteiger partial charge on any atom is -0.478 e. The molecule has 0 aliphatic carbocycles. The Hall–Kier alpha value is -2.70. The van der Waals surface area contributed by atoms with Gasteiger partial charge in [0.15, 0.2) is 6.29 Å². The minimum absolute atomic E-state index is 0.331. The van der Waals surface area contributed by atoms with Crippen molar-refractivity contribution in [3.05, 3.63) is 71.8 Å². The monoisotopic (exact) mass is 390 g/mol. The molecule has 1 unspecified atom stereocenters. The predicted molar refractivity (Wildman–Crippen MR) is 108 cm³/mol. The Balaban J connectivity index is 0.000000391. The van der Waals surface area contributed by atoms with Gasteiger partial charge in [-0.1, -0.05) is 69.5 Å². The summed E-state index contributed by atoms with van der Waals surface area (Å²) in [5, 5.41) is 33.9. The van der Waals surface area contributed by atoms with Crippen molar-refractivity contribution >= 4 is 11.9 Å². The molecule has 2 rings (SSSR count). The highest BCUT2D eigenvalue weighted by Gasteiger charge is 2.05. The molecular weight excluding hydrogens is 360 g/mol. The summed E-state index contributed by atoms with van der Waals surface area (Å²) in [5.74, 6) is -1.31. The zero-order valence-electron chi connectivity index (χ0n) is 16.4. The third kappa shape index (κ3) is 13.5. The van der Waals surface area contributed by atoms with E-state index in [1.54, 1.807) is 60.7 Å². The summed E-state index contributed by atoms with van der Waals surface area (Å²) < 4.78 is 0. The van der Waals surface area contributed by atoms with Crippen LogP contribution >= 0.6 is 0 Å². The van der Waals surface area contributed by atoms with Crippen LogP contribution < -0.4 is 0 Å². The van der Waals surface area contributed by atoms with Crippen LogP contribution in [0.25, 0.3) is 0 Å². The molecular formula is C22H30O6. The van der Waals surface area contributed by atoms with E-state index in [9.17, 15) is 9.59 Å². The van der Waals surface area contributed by atoms with E-state index in [2.05, 4.69) is 13.8 Å². The molecule has 4 N–H and O–H groups in total. The average Bonchev–Trinajstić information content (AvgIpc) is 2.68. The maximum Gasteiger partial charge on any atom is 0.335 e. The van der Waals surface area contributed by atoms with Crippen LogP contribution in [0, 0.1) is 5.92 Å². The van der Waals surface area contributed by atoms with Gasteiger partial charge >= 0.3 is 11.9 Å². The lowest BCUT2D eigenvalue weighted by Crippen LogP contribution is -2.09. The second kappa shape index (κ2) is 15.4. The third-order valence-electron chi connectivity index (χ3n) is 3.71. The third-order valence-corrected chi connectivity index (χ3v) is 3.71. The Morgan fingerprint density at radius 1 is 0.821 bits per heavy atom. The molecule has 6 nitrogen and oxygen atoms in total. The molecule has 154 valence electrons. The molecule has 1 atom stereocenters. The molecule has 0 fully saturated rings. The van der Waals surface area contributed by atoms with Crippen LogP contribution in [-0.4, -0.2) is 38.7 Å². The van der Waals surface area contributed by atoms with Crippen LogP contribution in [0.15, 0.2) is 60.7 Å². The van der Waals surface area contributed by atoms with Gasteiger partial charge in [-0.3, -0.25) is 0 Å². The fraction of sp³-hybridized carbons (Fsp3) is 0.364. The Kier molecular flexibility index (Phi) is 13.9. The van der Waals surface area contributed by atoms with E-state index in [4.69, 9.17) is 20.4 Å². The highest BCUT2D eigenvalue weighted by Crippen LogP contribution is 2.12. The van der Waals surface area contributed by atoms with Crippen molar-refractivity contribution < 1.29 is 30.0 Å². The number of carboxylic acids is 2. The van der Waals surface area contributed by atoms with Gasteiger partial charge < -0.3 is 20.4 Å². The highest BCUT2D eigenvalue weighted by atomic mass is 16.5. The molecule has 0 radical (unpaired) electrons. The fourth-order valence-electron chi connectivity index (χ4n) is 2.19. The Bertz CT molecular complexity index is 606. The summed E-state index contributed by atoms with van der Waals surface area (Å²) >= 11 is 0. The topological polar surface area (TPSA) is 115 Å². The van der Waals surface area contributed by atoms with Gasteiger partial charge in [0.05, 0.1) is 11.1 Å². The Morgan fingerprint density at radius 2 is 1.21 bits per heavy atom. The second-order valence-corrected chi connectivity index (χ2v) is 6.31. The first-order valence-corrected chi connectivity index (χ1v) is 9.20. The van der Waals surface area contributed by atoms with Crippen LogP contribution in [0.5, 0.6) is 0 Å². The van der Waals surface area contributed by atoms with Crippen molar-refractivity contribution in [2.24, 2.45) is 5.92 Å². The maximum atomic E-state index is 10.2. The van der Waals surface area contributed by atoms with E-state index >= 15 is 0 Å². The minimum atomic E-state index is -1.12. The van der Waals surface area contributed by atoms with Crippen molar-refractivity contribution in [2.75, 3.05) is 0 Å². The van der Waals surface area contributed by atoms with Crippen molar-refractivity contribution in [2.45, 2.75) is 45.8 Å². The molecule has 0 saturated heterocycles. The largest absolute Gasteiger partial charge is 0.478 e. The normalized spacial score (nSPS) is 10.8. The molecule has 0 saturated carbocycles. The average molecular weight is 390 g/mol. The molecule has 0 aliphatic heterocycles. The van der Waals surface area contributed by atoms with Crippen molar-refractivity contribution in [1.29, 1.82) is 0 Å². The lowest BCUT2D eigenvalue weighted by atomic mass is 10.0. The maximum absolute atomic E-state index is 10.2. The number of carboxylic acid groups (broad SMARTS) is 2. The number of unbranched alkanes of at least 4 members (excludes halogenated alkanes) is 1. The molecule has 0 heterocycles. The molecule has 2 aromatic carbocycles. The molecule has 2 aromatic rings. The SMILES string of the molecule is CCCCC(C)CC(O)O.O=C(O)c1ccccc1.O=C(O)c1ccccc1. The van der Waals surface area contributed by atoms with Crippen LogP contribution in [0.1, 0.15) is 60.2 Å². The van der Waals surface area contributed by atoms with Gasteiger partial charge in [0.2, 0.25) is 0 Å². The van der Waals surface area contributed by atoms with Gasteiger partial charge in [-0.05, 0) is 30.2 Å². The van der Waals surface area contributed by atoms with Gasteiger partial charge in [0.1, 0.15) is 0 Å². The molecule has 6 heteroatoms.